The normalized spacial score (nSPS) is 11.7. The zero-order chi connectivity index (χ0) is 15.7. The van der Waals surface area contributed by atoms with Crippen LogP contribution < -0.4 is 15.8 Å². The Morgan fingerprint density at radius 1 is 1.29 bits per heavy atom. The first-order chi connectivity index (χ1) is 10.0. The molecule has 1 atom stereocenters. The van der Waals surface area contributed by atoms with Crippen molar-refractivity contribution in [2.24, 2.45) is 5.73 Å². The van der Waals surface area contributed by atoms with E-state index in [0.717, 1.165) is 19.3 Å². The average Bonchev–Trinajstić information content (AvgIpc) is 2.45. The molecule has 0 spiro atoms. The zero-order valence-corrected chi connectivity index (χ0v) is 12.7. The molecule has 3 N–H and O–H groups in total. The molecule has 0 heterocycles. The number of nitrogens with one attached hydrogen (secondary N) is 1. The second-order valence-corrected chi connectivity index (χ2v) is 5.11. The predicted octanol–water partition coefficient (Wildman–Crippen LogP) is 2.25. The molecule has 1 rings (SSSR count). The molecular formula is C16H24N2O3. The van der Waals surface area contributed by atoms with Gasteiger partial charge >= 0.3 is 0 Å². The molecule has 0 fully saturated rings. The maximum Gasteiger partial charge on any atom is 0.258 e. The number of hydrogen-bond acceptors (Lipinski definition) is 3. The highest BCUT2D eigenvalue weighted by molar-refractivity contribution is 5.95. The third-order valence-corrected chi connectivity index (χ3v) is 3.16. The molecule has 1 aromatic carbocycles. The fourth-order valence-electron chi connectivity index (χ4n) is 2.03. The van der Waals surface area contributed by atoms with Gasteiger partial charge in [-0.05, 0) is 25.5 Å². The third-order valence-electron chi connectivity index (χ3n) is 3.16. The van der Waals surface area contributed by atoms with Gasteiger partial charge in [0.05, 0.1) is 5.56 Å². The molecular weight excluding hydrogens is 268 g/mol. The number of carbonyl (C=O) groups excluding carboxylic acids is 2. The van der Waals surface area contributed by atoms with Crippen LogP contribution in [0.3, 0.4) is 0 Å². The summed E-state index contributed by atoms with van der Waals surface area (Å²) >= 11 is 0. The summed E-state index contributed by atoms with van der Waals surface area (Å²) in [5.41, 5.74) is 5.53. The zero-order valence-electron chi connectivity index (χ0n) is 12.7. The van der Waals surface area contributed by atoms with Gasteiger partial charge in [0.15, 0.2) is 6.61 Å². The minimum atomic E-state index is -0.570. The number of carbonyl (C=O) groups is 2. The quantitative estimate of drug-likeness (QED) is 0.685. The lowest BCUT2D eigenvalue weighted by Gasteiger charge is -2.14. The van der Waals surface area contributed by atoms with Gasteiger partial charge in [0.25, 0.3) is 11.8 Å². The summed E-state index contributed by atoms with van der Waals surface area (Å²) in [5, 5.41) is 2.88. The van der Waals surface area contributed by atoms with E-state index in [2.05, 4.69) is 12.2 Å². The number of benzene rings is 1. The largest absolute Gasteiger partial charge is 0.483 e. The van der Waals surface area contributed by atoms with Crippen LogP contribution in [-0.4, -0.2) is 24.5 Å². The van der Waals surface area contributed by atoms with Crippen molar-refractivity contribution in [3.63, 3.8) is 0 Å². The summed E-state index contributed by atoms with van der Waals surface area (Å²) in [6, 6.07) is 6.75. The third kappa shape index (κ3) is 6.29. The molecule has 0 saturated carbocycles. The highest BCUT2D eigenvalue weighted by Crippen LogP contribution is 2.16. The van der Waals surface area contributed by atoms with Crippen molar-refractivity contribution in [2.45, 2.75) is 45.6 Å². The second-order valence-electron chi connectivity index (χ2n) is 5.11. The highest BCUT2D eigenvalue weighted by Gasteiger charge is 2.11. The Balaban J connectivity index is 2.41. The average molecular weight is 292 g/mol. The van der Waals surface area contributed by atoms with Crippen molar-refractivity contribution in [2.75, 3.05) is 6.61 Å². The Morgan fingerprint density at radius 3 is 2.67 bits per heavy atom. The van der Waals surface area contributed by atoms with Crippen LogP contribution in [-0.2, 0) is 4.79 Å². The number of ether oxygens (including phenoxy) is 1. The van der Waals surface area contributed by atoms with Crippen LogP contribution in [0.4, 0.5) is 0 Å². The molecule has 1 aromatic rings. The lowest BCUT2D eigenvalue weighted by atomic mass is 10.1. The Kier molecular flexibility index (Phi) is 7.29. The second kappa shape index (κ2) is 9.00. The summed E-state index contributed by atoms with van der Waals surface area (Å²) in [6.07, 6.45) is 4.39. The Morgan fingerprint density at radius 2 is 2.00 bits per heavy atom. The molecule has 1 unspecified atom stereocenters. The lowest BCUT2D eigenvalue weighted by molar-refractivity contribution is -0.123. The molecule has 0 aliphatic carbocycles. The number of unbranched alkanes of at least 4 members (excludes halogenated alkanes) is 2. The number of rotatable bonds is 9. The number of amides is 2. The van der Waals surface area contributed by atoms with E-state index in [1.807, 2.05) is 6.92 Å². The summed E-state index contributed by atoms with van der Waals surface area (Å²) in [5.74, 6) is -0.434. The highest BCUT2D eigenvalue weighted by atomic mass is 16.5. The van der Waals surface area contributed by atoms with Crippen molar-refractivity contribution in [3.05, 3.63) is 29.8 Å². The van der Waals surface area contributed by atoms with E-state index in [9.17, 15) is 9.59 Å². The molecule has 0 aromatic heterocycles. The maximum absolute atomic E-state index is 11.8. The fourth-order valence-corrected chi connectivity index (χ4v) is 2.03. The molecule has 0 bridgehead atoms. The van der Waals surface area contributed by atoms with Crippen molar-refractivity contribution in [1.29, 1.82) is 0 Å². The summed E-state index contributed by atoms with van der Waals surface area (Å²) in [4.78, 5) is 23.0. The molecule has 5 heteroatoms. The van der Waals surface area contributed by atoms with E-state index in [1.54, 1.807) is 24.3 Å². The van der Waals surface area contributed by atoms with Gasteiger partial charge in [-0.25, -0.2) is 0 Å². The topological polar surface area (TPSA) is 81.4 Å². The van der Waals surface area contributed by atoms with Crippen molar-refractivity contribution in [3.8, 4) is 5.75 Å². The first-order valence-electron chi connectivity index (χ1n) is 7.35. The Hall–Kier alpha value is -2.04. The van der Waals surface area contributed by atoms with Crippen LogP contribution in [0.15, 0.2) is 24.3 Å². The number of hydrogen-bond donors (Lipinski definition) is 2. The van der Waals surface area contributed by atoms with Crippen LogP contribution in [0.5, 0.6) is 5.75 Å². The van der Waals surface area contributed by atoms with Gasteiger partial charge in [-0.3, -0.25) is 9.59 Å². The minimum Gasteiger partial charge on any atom is -0.483 e. The van der Waals surface area contributed by atoms with Crippen LogP contribution >= 0.6 is 0 Å². The maximum atomic E-state index is 11.8. The molecule has 0 radical (unpaired) electrons. The standard InChI is InChI=1S/C16H24N2O3/c1-3-4-5-8-12(2)18-15(19)11-21-14-10-7-6-9-13(14)16(17)20/h6-7,9-10,12H,3-5,8,11H2,1-2H3,(H2,17,20)(H,18,19). The van der Waals surface area contributed by atoms with Crippen molar-refractivity contribution in [1.82, 2.24) is 5.32 Å². The molecule has 2 amide bonds. The van der Waals surface area contributed by atoms with E-state index in [-0.39, 0.29) is 24.1 Å². The van der Waals surface area contributed by atoms with Gasteiger partial charge in [-0.1, -0.05) is 38.3 Å². The van der Waals surface area contributed by atoms with E-state index in [1.165, 1.54) is 6.42 Å². The molecule has 21 heavy (non-hydrogen) atoms. The molecule has 0 aliphatic rings. The minimum absolute atomic E-state index is 0.123. The van der Waals surface area contributed by atoms with Gasteiger partial charge < -0.3 is 15.8 Å². The first-order valence-corrected chi connectivity index (χ1v) is 7.35. The molecule has 5 nitrogen and oxygen atoms in total. The first kappa shape index (κ1) is 17.0. The molecule has 0 saturated heterocycles. The van der Waals surface area contributed by atoms with Crippen molar-refractivity contribution >= 4 is 11.8 Å². The van der Waals surface area contributed by atoms with E-state index >= 15 is 0 Å². The van der Waals surface area contributed by atoms with Crippen LogP contribution in [0.2, 0.25) is 0 Å². The Bertz CT molecular complexity index is 474. The lowest BCUT2D eigenvalue weighted by Crippen LogP contribution is -2.36. The van der Waals surface area contributed by atoms with Gasteiger partial charge in [0, 0.05) is 6.04 Å². The summed E-state index contributed by atoms with van der Waals surface area (Å²) in [7, 11) is 0. The monoisotopic (exact) mass is 292 g/mol. The van der Waals surface area contributed by atoms with E-state index in [0.29, 0.717) is 5.75 Å². The smallest absolute Gasteiger partial charge is 0.258 e. The van der Waals surface area contributed by atoms with Crippen LogP contribution in [0, 0.1) is 0 Å². The van der Waals surface area contributed by atoms with Gasteiger partial charge in [-0.2, -0.15) is 0 Å². The SMILES string of the molecule is CCCCCC(C)NC(=O)COc1ccccc1C(N)=O. The van der Waals surface area contributed by atoms with Crippen LogP contribution in [0.1, 0.15) is 49.9 Å². The molecule has 116 valence electrons. The molecule has 0 aliphatic heterocycles. The van der Waals surface area contributed by atoms with E-state index in [4.69, 9.17) is 10.5 Å². The summed E-state index contributed by atoms with van der Waals surface area (Å²) < 4.78 is 5.37. The number of nitrogens with two attached hydrogens (primary N) is 1. The van der Waals surface area contributed by atoms with Gasteiger partial charge in [-0.15, -0.1) is 0 Å². The fraction of sp³-hybridized carbons (Fsp3) is 0.500. The van der Waals surface area contributed by atoms with Crippen molar-refractivity contribution < 1.29 is 14.3 Å². The van der Waals surface area contributed by atoms with Crippen LogP contribution in [0.25, 0.3) is 0 Å². The van der Waals surface area contributed by atoms with E-state index < -0.39 is 5.91 Å². The van der Waals surface area contributed by atoms with Gasteiger partial charge in [0.1, 0.15) is 5.75 Å². The Labute approximate surface area is 125 Å². The summed E-state index contributed by atoms with van der Waals surface area (Å²) in [6.45, 7) is 4.00. The number of para-hydroxylation sites is 1. The number of primary amides is 1. The van der Waals surface area contributed by atoms with Gasteiger partial charge in [0.2, 0.25) is 0 Å². The predicted molar refractivity (Wildman–Crippen MR) is 82.2 cm³/mol.